The van der Waals surface area contributed by atoms with Gasteiger partial charge in [0.25, 0.3) is 0 Å². The lowest BCUT2D eigenvalue weighted by Crippen LogP contribution is -2.51. The van der Waals surface area contributed by atoms with E-state index in [1.165, 1.54) is 56.7 Å². The number of aromatic nitrogens is 1. The van der Waals surface area contributed by atoms with Crippen LogP contribution in [-0.2, 0) is 27.5 Å². The van der Waals surface area contributed by atoms with Crippen molar-refractivity contribution in [2.45, 2.75) is 58.7 Å². The lowest BCUT2D eigenvalue weighted by Gasteiger charge is -2.40. The molecular weight excluding hydrogens is 685 g/mol. The number of rotatable bonds is 11. The number of aryl methyl sites for hydroxylation is 2. The number of para-hydroxylation sites is 1. The van der Waals surface area contributed by atoms with Crippen LogP contribution < -0.4 is 15.1 Å². The van der Waals surface area contributed by atoms with Crippen molar-refractivity contribution in [3.05, 3.63) is 119 Å². The third kappa shape index (κ3) is 7.89. The summed E-state index contributed by atoms with van der Waals surface area (Å²) in [5, 5.41) is 3.69. The second-order valence-corrected chi connectivity index (χ2v) is 15.7. The van der Waals surface area contributed by atoms with Gasteiger partial charge in [-0.3, -0.25) is 24.6 Å². The number of benzene rings is 4. The largest absolute Gasteiger partial charge is 0.372 e. The van der Waals surface area contributed by atoms with E-state index in [-0.39, 0.29) is 18.2 Å². The summed E-state index contributed by atoms with van der Waals surface area (Å²) >= 11 is 0. The molecule has 1 atom stereocenters. The fraction of sp³-hybridized carbons (Fsp3) is 0.370. The number of nitrogens with zero attached hydrogens (tertiary/aromatic N) is 5. The fourth-order valence-corrected chi connectivity index (χ4v) is 8.97. The van der Waals surface area contributed by atoms with Crippen molar-refractivity contribution in [1.82, 2.24) is 19.7 Å². The topological polar surface area (TPSA) is 81.1 Å². The normalized spacial score (nSPS) is 18.5. The highest BCUT2D eigenvalue weighted by molar-refractivity contribution is 6.00. The molecule has 3 aliphatic heterocycles. The van der Waals surface area contributed by atoms with Gasteiger partial charge in [0.1, 0.15) is 6.04 Å². The first-order valence-corrected chi connectivity index (χ1v) is 19.9. The van der Waals surface area contributed by atoms with Crippen LogP contribution in [0.25, 0.3) is 22.2 Å². The van der Waals surface area contributed by atoms with Crippen LogP contribution in [0.5, 0.6) is 0 Å². The molecule has 0 radical (unpaired) electrons. The van der Waals surface area contributed by atoms with Crippen LogP contribution >= 0.6 is 0 Å². The quantitative estimate of drug-likeness (QED) is 0.119. The van der Waals surface area contributed by atoms with E-state index in [1.807, 2.05) is 6.92 Å². The average molecular weight is 737 g/mol. The Morgan fingerprint density at radius 3 is 2.18 bits per heavy atom. The van der Waals surface area contributed by atoms with Gasteiger partial charge in [-0.25, -0.2) is 0 Å². The zero-order chi connectivity index (χ0) is 37.9. The maximum Gasteiger partial charge on any atom is 0.249 e. The van der Waals surface area contributed by atoms with E-state index in [0.29, 0.717) is 18.9 Å². The van der Waals surface area contributed by atoms with Gasteiger partial charge < -0.3 is 19.3 Å². The molecule has 5 aromatic rings. The summed E-state index contributed by atoms with van der Waals surface area (Å²) in [4.78, 5) is 45.2. The van der Waals surface area contributed by atoms with Crippen molar-refractivity contribution in [3.63, 3.8) is 0 Å². The molecule has 9 nitrogen and oxygen atoms in total. The van der Waals surface area contributed by atoms with E-state index in [1.54, 1.807) is 0 Å². The van der Waals surface area contributed by atoms with Crippen molar-refractivity contribution in [2.24, 2.45) is 5.92 Å². The van der Waals surface area contributed by atoms with Crippen LogP contribution in [0, 0.1) is 19.8 Å². The summed E-state index contributed by atoms with van der Waals surface area (Å²) in [6.45, 7) is 12.8. The summed E-state index contributed by atoms with van der Waals surface area (Å²) in [6.07, 6.45) is 3.76. The van der Waals surface area contributed by atoms with Gasteiger partial charge in [-0.1, -0.05) is 66.7 Å². The molecule has 0 bridgehead atoms. The van der Waals surface area contributed by atoms with Crippen LogP contribution in [0.3, 0.4) is 0 Å². The number of piperidine rings is 2. The minimum Gasteiger partial charge on any atom is -0.372 e. The number of hydrogen-bond donors (Lipinski definition) is 1. The van der Waals surface area contributed by atoms with Crippen molar-refractivity contribution in [1.29, 1.82) is 0 Å². The van der Waals surface area contributed by atoms with Crippen LogP contribution in [0.4, 0.5) is 11.4 Å². The maximum absolute atomic E-state index is 12.4. The minimum atomic E-state index is -0.616. The molecule has 284 valence electrons. The van der Waals surface area contributed by atoms with Gasteiger partial charge in [0.2, 0.25) is 18.2 Å². The zero-order valence-electron chi connectivity index (χ0n) is 32.1. The van der Waals surface area contributed by atoms with Crippen LogP contribution in [0.2, 0.25) is 0 Å². The Bertz CT molecular complexity index is 2150. The third-order valence-corrected chi connectivity index (χ3v) is 12.2. The first kappa shape index (κ1) is 36.6. The van der Waals surface area contributed by atoms with E-state index >= 15 is 0 Å². The van der Waals surface area contributed by atoms with E-state index < -0.39 is 6.04 Å². The molecule has 4 aromatic carbocycles. The van der Waals surface area contributed by atoms with Crippen molar-refractivity contribution in [3.8, 4) is 11.3 Å². The molecule has 4 heterocycles. The predicted molar refractivity (Wildman–Crippen MR) is 220 cm³/mol. The Balaban J connectivity index is 0.830. The summed E-state index contributed by atoms with van der Waals surface area (Å²) in [5.41, 5.74) is 11.1. The highest BCUT2D eigenvalue weighted by atomic mass is 16.2. The Labute approximate surface area is 324 Å². The highest BCUT2D eigenvalue weighted by Crippen LogP contribution is 2.34. The van der Waals surface area contributed by atoms with Crippen LogP contribution in [0.1, 0.15) is 47.9 Å². The van der Waals surface area contributed by atoms with Gasteiger partial charge in [-0.15, -0.1) is 0 Å². The van der Waals surface area contributed by atoms with Crippen molar-refractivity contribution < 1.29 is 14.4 Å². The number of carbonyl (C=O) groups excluding carboxylic acids is 3. The second-order valence-electron chi connectivity index (χ2n) is 15.7. The third-order valence-electron chi connectivity index (χ3n) is 12.2. The predicted octanol–water partition coefficient (Wildman–Crippen LogP) is 6.78. The molecular formula is C46H52N6O3. The van der Waals surface area contributed by atoms with Gasteiger partial charge in [0.05, 0.1) is 5.69 Å². The molecule has 3 amide bonds. The molecule has 1 aromatic heterocycles. The molecule has 0 saturated carbocycles. The average Bonchev–Trinajstić information content (AvgIpc) is 3.49. The van der Waals surface area contributed by atoms with E-state index in [9.17, 15) is 14.4 Å². The maximum atomic E-state index is 12.4. The smallest absolute Gasteiger partial charge is 0.249 e. The number of fused-ring (bicyclic) bond motifs is 1. The summed E-state index contributed by atoms with van der Waals surface area (Å²) in [7, 11) is 0. The van der Waals surface area contributed by atoms with E-state index in [0.717, 1.165) is 75.6 Å². The number of amides is 3. The van der Waals surface area contributed by atoms with Gasteiger partial charge in [0.15, 0.2) is 0 Å². The Morgan fingerprint density at radius 1 is 0.764 bits per heavy atom. The standard InChI is InChI=1S/C46H52N6O3/c1-33-12-15-40(28-38(33)31-51(32-53)43-18-19-44(54)47-46(43)55)50-26-24-48(25-27-50)29-36-20-22-49(23-21-36)39-16-13-35(14-17-39)30-52-42-11-7-6-10-41(42)34(2)45(52)37-8-4-3-5-9-37/h3-17,28,32,36,43H,18-27,29-31H2,1-2H3,(H,47,54,55). The molecule has 3 fully saturated rings. The lowest BCUT2D eigenvalue weighted by molar-refractivity contribution is -0.141. The monoisotopic (exact) mass is 736 g/mol. The lowest BCUT2D eigenvalue weighted by atomic mass is 9.95. The van der Waals surface area contributed by atoms with Crippen molar-refractivity contribution in [2.75, 3.05) is 55.6 Å². The Hall–Kier alpha value is -5.41. The van der Waals surface area contributed by atoms with Crippen molar-refractivity contribution >= 4 is 40.5 Å². The van der Waals surface area contributed by atoms with E-state index in [2.05, 4.69) is 129 Å². The molecule has 0 aliphatic carbocycles. The first-order valence-electron chi connectivity index (χ1n) is 19.9. The summed E-state index contributed by atoms with van der Waals surface area (Å²) in [5.74, 6) is 0.0398. The Morgan fingerprint density at radius 2 is 1.45 bits per heavy atom. The number of nitrogens with one attached hydrogen (secondary N) is 1. The molecule has 55 heavy (non-hydrogen) atoms. The second kappa shape index (κ2) is 16.1. The SMILES string of the molecule is Cc1ccc(N2CCN(CC3CCN(c4ccc(Cn5c(-c6ccccc6)c(C)c6ccccc65)cc4)CC3)CC2)cc1CN(C=O)C1CCC(=O)NC1=O. The van der Waals surface area contributed by atoms with Gasteiger partial charge in [-0.05, 0) is 97.2 Å². The molecule has 9 heteroatoms. The van der Waals surface area contributed by atoms with E-state index in [4.69, 9.17) is 0 Å². The molecule has 1 N–H and O–H groups in total. The van der Waals surface area contributed by atoms with Gasteiger partial charge in [0, 0.05) is 87.6 Å². The summed E-state index contributed by atoms with van der Waals surface area (Å²) in [6, 6.07) is 34.6. The number of anilines is 2. The molecule has 3 saturated heterocycles. The zero-order valence-corrected chi connectivity index (χ0v) is 32.1. The number of imide groups is 1. The number of piperazine rings is 1. The number of hydrogen-bond acceptors (Lipinski definition) is 6. The van der Waals surface area contributed by atoms with Gasteiger partial charge >= 0.3 is 0 Å². The minimum absolute atomic E-state index is 0.251. The molecule has 1 unspecified atom stereocenters. The molecule has 0 spiro atoms. The van der Waals surface area contributed by atoms with Crippen LogP contribution in [-0.4, -0.2) is 84.4 Å². The molecule has 8 rings (SSSR count). The fourth-order valence-electron chi connectivity index (χ4n) is 8.97. The first-order chi connectivity index (χ1) is 26.8. The highest BCUT2D eigenvalue weighted by Gasteiger charge is 2.32. The Kier molecular flexibility index (Phi) is 10.7. The summed E-state index contributed by atoms with van der Waals surface area (Å²) < 4.78 is 2.48. The van der Waals surface area contributed by atoms with Gasteiger partial charge in [-0.2, -0.15) is 0 Å². The molecule has 3 aliphatic rings. The number of carbonyl (C=O) groups is 3. The van der Waals surface area contributed by atoms with Crippen LogP contribution in [0.15, 0.2) is 97.1 Å².